The van der Waals surface area contributed by atoms with Crippen LogP contribution in [0.2, 0.25) is 0 Å². The maximum atomic E-state index is 14.7. The number of oxime groups is 1. The van der Waals surface area contributed by atoms with Crippen LogP contribution in [0.15, 0.2) is 90.1 Å². The number of benzene rings is 3. The fraction of sp³-hybridized carbons (Fsp3) is 0.566. The fourth-order valence-electron chi connectivity index (χ4n) is 10.5. The molecule has 3 aliphatic rings. The van der Waals surface area contributed by atoms with Crippen LogP contribution in [0, 0.1) is 17.8 Å². The highest BCUT2D eigenvalue weighted by Crippen LogP contribution is 2.62. The molecule has 3 aromatic rings. The summed E-state index contributed by atoms with van der Waals surface area (Å²) in [6, 6.07) is 18.6. The van der Waals surface area contributed by atoms with E-state index in [-0.39, 0.29) is 43.5 Å². The number of rotatable bonds is 26. The second kappa shape index (κ2) is 24.5. The number of hydrogen-bond donors (Lipinski definition) is 3. The molecular formula is C53H73N3O8. The summed E-state index contributed by atoms with van der Waals surface area (Å²) in [4.78, 5) is 35.3. The number of likely N-dealkylation sites (N-methyl/N-ethyl adjacent to an activating group) is 1. The second-order valence-corrected chi connectivity index (χ2v) is 17.9. The predicted molar refractivity (Wildman–Crippen MR) is 254 cm³/mol. The van der Waals surface area contributed by atoms with Crippen molar-refractivity contribution in [3.8, 4) is 11.5 Å². The standard InChI is InChI=1S/C53H73N3O8/c1-5-7-8-9-10-11-12-13-14-19-30-54-52(60)63-42-28-29-47-45(36-42)49-43(25-18-21-32-58)40(24-17-20-31-57)35-44-46(55-61-4)37-48(53(64-47,50(44)49)62-33-6-2)56(3)51(59)41-27-26-38-22-15-16-23-39(38)34-41/h6,15-16,22-23,26-29,34-36,40,43,48-50,57-58H,2,5,7-14,17-21,24-25,30-33,37H2,1,3-4H3,(H,54,60)/t40-,43+,48-,49+,50+,53+/m0/s1. The van der Waals surface area contributed by atoms with Crippen LogP contribution in [0.5, 0.6) is 11.5 Å². The zero-order valence-electron chi connectivity index (χ0n) is 38.6. The summed E-state index contributed by atoms with van der Waals surface area (Å²) in [5.41, 5.74) is 3.08. The third-order valence-electron chi connectivity index (χ3n) is 13.6. The zero-order chi connectivity index (χ0) is 45.3. The molecule has 0 spiro atoms. The summed E-state index contributed by atoms with van der Waals surface area (Å²) in [5, 5.41) is 29.4. The van der Waals surface area contributed by atoms with Gasteiger partial charge in [-0.25, -0.2) is 4.79 Å². The van der Waals surface area contributed by atoms with Gasteiger partial charge in [0.25, 0.3) is 5.91 Å². The SMILES string of the molecule is C=CCO[C@@]12Oc3ccc(OC(=O)NCCCCCCCCCCCC)cc3[C@H]3[C@H](CCCCO)[C@@H](CCCCO)C=C(C(=NOC)C[C@@H]1N(C)C(=O)c1ccc4ccccc4c1)[C@H]32. The molecule has 0 saturated heterocycles. The van der Waals surface area contributed by atoms with Gasteiger partial charge >= 0.3 is 6.09 Å². The average molecular weight is 880 g/mol. The largest absolute Gasteiger partial charge is 0.459 e. The summed E-state index contributed by atoms with van der Waals surface area (Å²) >= 11 is 0. The topological polar surface area (TPSA) is 139 Å². The van der Waals surface area contributed by atoms with Gasteiger partial charge < -0.3 is 39.5 Å². The summed E-state index contributed by atoms with van der Waals surface area (Å²) in [7, 11) is 3.34. The molecule has 3 aromatic carbocycles. The number of aliphatic hydroxyl groups excluding tert-OH is 2. The minimum Gasteiger partial charge on any atom is -0.459 e. The number of allylic oxidation sites excluding steroid dienone is 1. The van der Waals surface area contributed by atoms with Crippen molar-refractivity contribution < 1.29 is 38.9 Å². The summed E-state index contributed by atoms with van der Waals surface area (Å²) in [6.45, 7) is 7.16. The Morgan fingerprint density at radius 1 is 0.891 bits per heavy atom. The maximum Gasteiger partial charge on any atom is 0.412 e. The first-order chi connectivity index (χ1) is 31.3. The van der Waals surface area contributed by atoms with Crippen LogP contribution in [0.25, 0.3) is 10.8 Å². The first kappa shape index (κ1) is 48.7. The number of carbonyl (C=O) groups is 2. The zero-order valence-corrected chi connectivity index (χ0v) is 38.6. The Balaban J connectivity index is 1.34. The quantitative estimate of drug-likeness (QED) is 0.0411. The van der Waals surface area contributed by atoms with E-state index in [2.05, 4.69) is 30.1 Å². The normalized spacial score (nSPS) is 22.8. The van der Waals surface area contributed by atoms with Crippen LogP contribution in [0.1, 0.15) is 138 Å². The lowest BCUT2D eigenvalue weighted by Gasteiger charge is -2.59. The van der Waals surface area contributed by atoms with Gasteiger partial charge in [-0.2, -0.15) is 0 Å². The molecule has 1 saturated carbocycles. The Labute approximate surface area is 381 Å². The summed E-state index contributed by atoms with van der Waals surface area (Å²) < 4.78 is 20.2. The molecule has 6 rings (SSSR count). The Hall–Kier alpha value is -4.71. The number of unbranched alkanes of at least 4 members (excludes halogenated alkanes) is 11. The Kier molecular flexibility index (Phi) is 18.7. The van der Waals surface area contributed by atoms with Crippen LogP contribution in [-0.2, 0) is 9.57 Å². The van der Waals surface area contributed by atoms with Crippen molar-refractivity contribution in [3.05, 3.63) is 96.1 Å². The summed E-state index contributed by atoms with van der Waals surface area (Å²) in [6.07, 6.45) is 20.6. The molecule has 1 fully saturated rings. The fourth-order valence-corrected chi connectivity index (χ4v) is 10.5. The van der Waals surface area contributed by atoms with E-state index in [1.165, 1.54) is 52.1 Å². The highest BCUT2D eigenvalue weighted by Gasteiger charge is 2.65. The highest BCUT2D eigenvalue weighted by molar-refractivity contribution is 6.04. The number of hydrogen-bond acceptors (Lipinski definition) is 9. The number of aliphatic hydroxyl groups is 2. The van der Waals surface area contributed by atoms with Gasteiger partial charge in [-0.1, -0.05) is 125 Å². The van der Waals surface area contributed by atoms with Gasteiger partial charge in [0.2, 0.25) is 5.79 Å². The van der Waals surface area contributed by atoms with Crippen molar-refractivity contribution in [1.82, 2.24) is 10.2 Å². The molecule has 0 aromatic heterocycles. The third-order valence-corrected chi connectivity index (χ3v) is 13.6. The highest BCUT2D eigenvalue weighted by atomic mass is 16.7. The summed E-state index contributed by atoms with van der Waals surface area (Å²) in [5.74, 6) is -1.15. The van der Waals surface area contributed by atoms with Gasteiger partial charge in [0, 0.05) is 50.3 Å². The van der Waals surface area contributed by atoms with E-state index in [4.69, 9.17) is 19.0 Å². The van der Waals surface area contributed by atoms with Crippen LogP contribution < -0.4 is 14.8 Å². The Morgan fingerprint density at radius 2 is 1.59 bits per heavy atom. The van der Waals surface area contributed by atoms with E-state index in [0.717, 1.165) is 66.9 Å². The maximum absolute atomic E-state index is 14.7. The molecular weight excluding hydrogens is 807 g/mol. The molecule has 6 atom stereocenters. The number of nitrogens with one attached hydrogen (secondary N) is 1. The van der Waals surface area contributed by atoms with Crippen LogP contribution >= 0.6 is 0 Å². The van der Waals surface area contributed by atoms with E-state index < -0.39 is 23.8 Å². The number of ether oxygens (including phenoxy) is 3. The van der Waals surface area contributed by atoms with Gasteiger partial charge in [-0.05, 0) is 90.6 Å². The first-order valence-corrected chi connectivity index (χ1v) is 24.1. The third kappa shape index (κ3) is 11.8. The molecule has 11 heteroatoms. The van der Waals surface area contributed by atoms with E-state index in [1.54, 1.807) is 24.1 Å². The van der Waals surface area contributed by atoms with Crippen molar-refractivity contribution in [2.45, 2.75) is 134 Å². The van der Waals surface area contributed by atoms with Crippen molar-refractivity contribution in [2.75, 3.05) is 40.5 Å². The van der Waals surface area contributed by atoms with Crippen molar-refractivity contribution in [3.63, 3.8) is 0 Å². The van der Waals surface area contributed by atoms with E-state index >= 15 is 0 Å². The molecule has 64 heavy (non-hydrogen) atoms. The van der Waals surface area contributed by atoms with Crippen LogP contribution in [-0.4, -0.2) is 85.2 Å². The monoisotopic (exact) mass is 880 g/mol. The molecule has 1 heterocycles. The van der Waals surface area contributed by atoms with E-state index in [9.17, 15) is 19.8 Å². The number of amides is 2. The molecule has 0 unspecified atom stereocenters. The van der Waals surface area contributed by atoms with E-state index in [0.29, 0.717) is 48.6 Å². The number of nitrogens with zero attached hydrogens (tertiary/aromatic N) is 2. The first-order valence-electron chi connectivity index (χ1n) is 24.1. The number of fused-ring (bicyclic) bond motifs is 3. The number of carbonyl (C=O) groups excluding carboxylic acids is 2. The van der Waals surface area contributed by atoms with Crippen LogP contribution in [0.3, 0.4) is 0 Å². The lowest BCUT2D eigenvalue weighted by molar-refractivity contribution is -0.252. The predicted octanol–water partition coefficient (Wildman–Crippen LogP) is 10.9. The molecule has 2 aliphatic carbocycles. The minimum atomic E-state index is -1.38. The van der Waals surface area contributed by atoms with Gasteiger partial charge in [0.1, 0.15) is 24.7 Å². The lowest BCUT2D eigenvalue weighted by Crippen LogP contribution is -2.69. The van der Waals surface area contributed by atoms with Crippen molar-refractivity contribution >= 4 is 28.5 Å². The van der Waals surface area contributed by atoms with Gasteiger partial charge in [0.05, 0.1) is 18.2 Å². The van der Waals surface area contributed by atoms with Gasteiger partial charge in [0.15, 0.2) is 0 Å². The Bertz CT molecular complexity index is 2050. The van der Waals surface area contributed by atoms with Crippen molar-refractivity contribution in [1.29, 1.82) is 0 Å². The Morgan fingerprint density at radius 3 is 2.30 bits per heavy atom. The average Bonchev–Trinajstić information content (AvgIpc) is 3.31. The molecule has 1 aliphatic heterocycles. The molecule has 0 bridgehead atoms. The second-order valence-electron chi connectivity index (χ2n) is 17.9. The van der Waals surface area contributed by atoms with Crippen molar-refractivity contribution in [2.24, 2.45) is 22.9 Å². The molecule has 348 valence electrons. The molecule has 2 amide bonds. The smallest absolute Gasteiger partial charge is 0.412 e. The van der Waals surface area contributed by atoms with E-state index in [1.807, 2.05) is 54.6 Å². The molecule has 11 nitrogen and oxygen atoms in total. The minimum absolute atomic E-state index is 0.0396. The molecule has 3 N–H and O–H groups in total. The van der Waals surface area contributed by atoms with Gasteiger partial charge in [-0.15, -0.1) is 6.58 Å². The van der Waals surface area contributed by atoms with Gasteiger partial charge in [-0.3, -0.25) is 4.79 Å². The van der Waals surface area contributed by atoms with Crippen LogP contribution in [0.4, 0.5) is 4.79 Å². The lowest BCUT2D eigenvalue weighted by atomic mass is 9.55. The molecule has 0 radical (unpaired) electrons.